The van der Waals surface area contributed by atoms with E-state index in [9.17, 15) is 13.2 Å². The number of benzene rings is 1. The summed E-state index contributed by atoms with van der Waals surface area (Å²) in [5.41, 5.74) is 0. The van der Waals surface area contributed by atoms with Gasteiger partial charge in [-0.05, 0) is 31.4 Å². The highest BCUT2D eigenvalue weighted by molar-refractivity contribution is 7.89. The Labute approximate surface area is 117 Å². The number of carboxylic acids is 1. The van der Waals surface area contributed by atoms with Crippen LogP contribution in [0.3, 0.4) is 0 Å². The molecule has 1 aliphatic carbocycles. The van der Waals surface area contributed by atoms with Gasteiger partial charge in [0.1, 0.15) is 10.6 Å². The molecule has 20 heavy (non-hydrogen) atoms. The molecule has 1 fully saturated rings. The van der Waals surface area contributed by atoms with E-state index in [0.717, 1.165) is 0 Å². The van der Waals surface area contributed by atoms with Crippen molar-refractivity contribution in [3.05, 3.63) is 24.3 Å². The fourth-order valence-electron chi connectivity index (χ4n) is 2.44. The molecule has 1 aromatic carbocycles. The zero-order valence-corrected chi connectivity index (χ0v) is 11.9. The smallest absolute Gasteiger partial charge is 0.306 e. The molecule has 0 unspecified atom stereocenters. The fourth-order valence-corrected chi connectivity index (χ4v) is 3.89. The van der Waals surface area contributed by atoms with Gasteiger partial charge < -0.3 is 9.84 Å². The van der Waals surface area contributed by atoms with Crippen molar-refractivity contribution in [2.75, 3.05) is 7.11 Å². The van der Waals surface area contributed by atoms with Crippen LogP contribution in [0.15, 0.2) is 29.2 Å². The van der Waals surface area contributed by atoms with E-state index in [1.807, 2.05) is 0 Å². The van der Waals surface area contributed by atoms with E-state index in [1.165, 1.54) is 13.2 Å². The van der Waals surface area contributed by atoms with Gasteiger partial charge in [-0.1, -0.05) is 12.1 Å². The third-order valence-electron chi connectivity index (χ3n) is 3.46. The van der Waals surface area contributed by atoms with Crippen molar-refractivity contribution >= 4 is 16.0 Å². The molecule has 0 aliphatic heterocycles. The van der Waals surface area contributed by atoms with Crippen molar-refractivity contribution in [2.24, 2.45) is 5.92 Å². The third kappa shape index (κ3) is 3.10. The number of carboxylic acid groups (broad SMARTS) is 1. The van der Waals surface area contributed by atoms with E-state index in [2.05, 4.69) is 4.72 Å². The van der Waals surface area contributed by atoms with Crippen molar-refractivity contribution in [1.29, 1.82) is 0 Å². The number of rotatable bonds is 5. The summed E-state index contributed by atoms with van der Waals surface area (Å²) >= 11 is 0. The summed E-state index contributed by atoms with van der Waals surface area (Å²) in [5.74, 6) is -1.07. The van der Waals surface area contributed by atoms with Gasteiger partial charge in [-0.15, -0.1) is 0 Å². The maximum absolute atomic E-state index is 12.3. The van der Waals surface area contributed by atoms with Gasteiger partial charge in [-0.3, -0.25) is 4.79 Å². The number of sulfonamides is 1. The van der Waals surface area contributed by atoms with Gasteiger partial charge >= 0.3 is 5.97 Å². The molecule has 0 heterocycles. The van der Waals surface area contributed by atoms with Crippen molar-refractivity contribution in [1.82, 2.24) is 4.72 Å². The molecule has 0 radical (unpaired) electrons. The summed E-state index contributed by atoms with van der Waals surface area (Å²) in [7, 11) is -2.30. The Morgan fingerprint density at radius 2 is 2.05 bits per heavy atom. The Kier molecular flexibility index (Phi) is 4.29. The lowest BCUT2D eigenvalue weighted by Crippen LogP contribution is -2.33. The Morgan fingerprint density at radius 1 is 1.35 bits per heavy atom. The quantitative estimate of drug-likeness (QED) is 0.853. The first-order valence-electron chi connectivity index (χ1n) is 6.32. The number of hydrogen-bond acceptors (Lipinski definition) is 4. The maximum Gasteiger partial charge on any atom is 0.306 e. The molecule has 110 valence electrons. The molecule has 2 rings (SSSR count). The molecule has 2 N–H and O–H groups in total. The van der Waals surface area contributed by atoms with Crippen molar-refractivity contribution in [3.63, 3.8) is 0 Å². The number of carbonyl (C=O) groups is 1. The minimum Gasteiger partial charge on any atom is -0.495 e. The zero-order chi connectivity index (χ0) is 14.8. The molecule has 0 saturated heterocycles. The van der Waals surface area contributed by atoms with Crippen LogP contribution in [-0.2, 0) is 14.8 Å². The van der Waals surface area contributed by atoms with Gasteiger partial charge in [0.2, 0.25) is 10.0 Å². The van der Waals surface area contributed by atoms with Crippen LogP contribution in [0.25, 0.3) is 0 Å². The number of methoxy groups -OCH3 is 1. The summed E-state index contributed by atoms with van der Waals surface area (Å²) in [5, 5.41) is 8.93. The average molecular weight is 299 g/mol. The fraction of sp³-hybridized carbons (Fsp3) is 0.462. The van der Waals surface area contributed by atoms with Gasteiger partial charge in [0.25, 0.3) is 0 Å². The standard InChI is InChI=1S/C13H17NO5S/c1-19-11-4-2-3-5-12(11)20(17,18)14-10-7-6-9(8-10)13(15)16/h2-5,9-10,14H,6-8H2,1H3,(H,15,16)/t9-,10+/m1/s1. The molecule has 1 aromatic rings. The van der Waals surface area contributed by atoms with Crippen LogP contribution in [-0.4, -0.2) is 32.6 Å². The lowest BCUT2D eigenvalue weighted by atomic mass is 10.1. The summed E-state index contributed by atoms with van der Waals surface area (Å²) < 4.78 is 32.2. The topological polar surface area (TPSA) is 92.7 Å². The summed E-state index contributed by atoms with van der Waals surface area (Å²) in [4.78, 5) is 11.0. The first kappa shape index (κ1) is 14.8. The molecule has 1 aliphatic rings. The second kappa shape index (κ2) is 5.80. The minimum absolute atomic E-state index is 0.0706. The van der Waals surface area contributed by atoms with Crippen LogP contribution in [0.2, 0.25) is 0 Å². The van der Waals surface area contributed by atoms with E-state index in [4.69, 9.17) is 9.84 Å². The van der Waals surface area contributed by atoms with E-state index >= 15 is 0 Å². The van der Waals surface area contributed by atoms with Crippen LogP contribution in [0.1, 0.15) is 19.3 Å². The molecule has 2 atom stereocenters. The highest BCUT2D eigenvalue weighted by Crippen LogP contribution is 2.28. The molecule has 0 amide bonds. The molecular formula is C13H17NO5S. The van der Waals surface area contributed by atoms with E-state index in [1.54, 1.807) is 18.2 Å². The van der Waals surface area contributed by atoms with Crippen molar-refractivity contribution in [3.8, 4) is 5.75 Å². The van der Waals surface area contributed by atoms with Crippen LogP contribution in [0, 0.1) is 5.92 Å². The maximum atomic E-state index is 12.3. The average Bonchev–Trinajstić information content (AvgIpc) is 2.86. The molecule has 6 nitrogen and oxygen atoms in total. The molecule has 0 spiro atoms. The molecule has 7 heteroatoms. The SMILES string of the molecule is COc1ccccc1S(=O)(=O)N[C@H]1CC[C@@H](C(=O)O)C1. The summed E-state index contributed by atoms with van der Waals surface area (Å²) in [6.45, 7) is 0. The Morgan fingerprint density at radius 3 is 2.65 bits per heavy atom. The molecule has 1 saturated carbocycles. The normalized spacial score (nSPS) is 22.6. The Bertz CT molecular complexity index is 599. The highest BCUT2D eigenvalue weighted by atomic mass is 32.2. The van der Waals surface area contributed by atoms with Crippen LogP contribution < -0.4 is 9.46 Å². The van der Waals surface area contributed by atoms with Crippen LogP contribution >= 0.6 is 0 Å². The Hall–Kier alpha value is -1.60. The van der Waals surface area contributed by atoms with E-state index < -0.39 is 21.9 Å². The largest absolute Gasteiger partial charge is 0.495 e. The molecule has 0 bridgehead atoms. The van der Waals surface area contributed by atoms with Crippen LogP contribution in [0.5, 0.6) is 5.75 Å². The van der Waals surface area contributed by atoms with Crippen molar-refractivity contribution in [2.45, 2.75) is 30.2 Å². The Balaban J connectivity index is 2.14. The second-order valence-corrected chi connectivity index (χ2v) is 6.50. The van der Waals surface area contributed by atoms with Crippen molar-refractivity contribution < 1.29 is 23.1 Å². The zero-order valence-electron chi connectivity index (χ0n) is 11.1. The minimum atomic E-state index is -3.70. The first-order chi connectivity index (χ1) is 9.44. The predicted molar refractivity (Wildman–Crippen MR) is 72.1 cm³/mol. The highest BCUT2D eigenvalue weighted by Gasteiger charge is 2.33. The van der Waals surface area contributed by atoms with Gasteiger partial charge in [0.05, 0.1) is 13.0 Å². The van der Waals surface area contributed by atoms with Gasteiger partial charge in [-0.25, -0.2) is 13.1 Å². The molecular weight excluding hydrogens is 282 g/mol. The lowest BCUT2D eigenvalue weighted by Gasteiger charge is -2.14. The van der Waals surface area contributed by atoms with Crippen LogP contribution in [0.4, 0.5) is 0 Å². The van der Waals surface area contributed by atoms with Gasteiger partial charge in [-0.2, -0.15) is 0 Å². The monoisotopic (exact) mass is 299 g/mol. The lowest BCUT2D eigenvalue weighted by molar-refractivity contribution is -0.141. The third-order valence-corrected chi connectivity index (χ3v) is 5.02. The number of aliphatic carboxylic acids is 1. The van der Waals surface area contributed by atoms with E-state index in [0.29, 0.717) is 19.3 Å². The number of hydrogen-bond donors (Lipinski definition) is 2. The van der Waals surface area contributed by atoms with Gasteiger partial charge in [0.15, 0.2) is 0 Å². The first-order valence-corrected chi connectivity index (χ1v) is 7.80. The number of nitrogens with one attached hydrogen (secondary N) is 1. The second-order valence-electron chi connectivity index (χ2n) is 4.82. The molecule has 0 aromatic heterocycles. The van der Waals surface area contributed by atoms with E-state index in [-0.39, 0.29) is 16.7 Å². The summed E-state index contributed by atoms with van der Waals surface area (Å²) in [6.07, 6.45) is 1.35. The number of para-hydroxylation sites is 1. The van der Waals surface area contributed by atoms with Gasteiger partial charge in [0, 0.05) is 6.04 Å². The predicted octanol–water partition coefficient (Wildman–Crippen LogP) is 1.23. The number of ether oxygens (including phenoxy) is 1. The summed E-state index contributed by atoms with van der Waals surface area (Å²) in [6, 6.07) is 6.00.